The molecule has 3 amide bonds. The second-order valence-corrected chi connectivity index (χ2v) is 16.2. The molecule has 3 aliphatic rings. The largest absolute Gasteiger partial charge is 0.508 e. The van der Waals surface area contributed by atoms with Gasteiger partial charge in [0.1, 0.15) is 35.7 Å². The number of phenolic OH excluding ortho intramolecular Hbond substituents is 1. The maximum atomic E-state index is 16.2. The predicted octanol–water partition coefficient (Wildman–Crippen LogP) is 7.00. The highest BCUT2D eigenvalue weighted by atomic mass is 16.6. The van der Waals surface area contributed by atoms with Crippen LogP contribution in [0.5, 0.6) is 11.5 Å². The van der Waals surface area contributed by atoms with Gasteiger partial charge < -0.3 is 29.4 Å². The van der Waals surface area contributed by atoms with Gasteiger partial charge in [-0.25, -0.2) is 9.69 Å². The van der Waals surface area contributed by atoms with Gasteiger partial charge >= 0.3 is 12.1 Å². The Bertz CT molecular complexity index is 2800. The SMILES string of the molecule is COCCOC(=O)N1C(=O)[C@@]2(c3cc(C#Cc4ccc(OC)cc4)ccc31)[C@H](C(=O)NCCc1ccccn1)[C@H]1C(=O)O[C@H](c3ccccc3)[C@H](c3ccccc3)N1[C@@H]2c1ccc(O)cc1. The molecule has 0 aliphatic carbocycles. The maximum Gasteiger partial charge on any atom is 0.421 e. The molecular weight excluding hydrogens is 837 g/mol. The molecule has 0 unspecified atom stereocenters. The number of fused-ring (bicyclic) bond motifs is 3. The van der Waals surface area contributed by atoms with Crippen LogP contribution in [-0.4, -0.2) is 78.9 Å². The Kier molecular flexibility index (Phi) is 12.3. The number of cyclic esters (lactones) is 1. The number of amides is 3. The smallest absolute Gasteiger partial charge is 0.421 e. The molecule has 6 aromatic rings. The van der Waals surface area contributed by atoms with E-state index in [0.29, 0.717) is 34.4 Å². The van der Waals surface area contributed by atoms with Crippen LogP contribution in [0.25, 0.3) is 0 Å². The van der Waals surface area contributed by atoms with Gasteiger partial charge in [-0.3, -0.25) is 24.3 Å². The molecule has 1 aromatic heterocycles. The zero-order valence-corrected chi connectivity index (χ0v) is 36.2. The van der Waals surface area contributed by atoms with E-state index in [1.807, 2.05) is 89.8 Å². The zero-order valence-electron chi connectivity index (χ0n) is 36.2. The topological polar surface area (TPSA) is 157 Å². The Hall–Kier alpha value is -7.79. The lowest BCUT2D eigenvalue weighted by atomic mass is 9.65. The molecule has 0 saturated carbocycles. The highest BCUT2D eigenvalue weighted by Crippen LogP contribution is 2.66. The van der Waals surface area contributed by atoms with E-state index in [1.54, 1.807) is 61.8 Å². The van der Waals surface area contributed by atoms with Gasteiger partial charge in [0.15, 0.2) is 0 Å². The lowest BCUT2D eigenvalue weighted by Crippen LogP contribution is -2.56. The van der Waals surface area contributed by atoms with Crippen LogP contribution in [0, 0.1) is 17.8 Å². The second-order valence-electron chi connectivity index (χ2n) is 16.2. The van der Waals surface area contributed by atoms with Crippen molar-refractivity contribution in [2.75, 3.05) is 38.9 Å². The van der Waals surface area contributed by atoms with Crippen LogP contribution in [0.15, 0.2) is 152 Å². The number of esters is 1. The number of nitrogens with zero attached hydrogens (tertiary/aromatic N) is 3. The lowest BCUT2D eigenvalue weighted by Gasteiger charge is -2.46. The summed E-state index contributed by atoms with van der Waals surface area (Å²) in [5.74, 6) is 3.41. The van der Waals surface area contributed by atoms with E-state index in [1.165, 1.54) is 19.2 Å². The van der Waals surface area contributed by atoms with Crippen molar-refractivity contribution < 1.29 is 43.2 Å². The van der Waals surface area contributed by atoms with Crippen molar-refractivity contribution in [1.82, 2.24) is 15.2 Å². The number of imide groups is 1. The number of rotatable bonds is 11. The van der Waals surface area contributed by atoms with E-state index in [-0.39, 0.29) is 36.8 Å². The number of hydrogen-bond acceptors (Lipinski definition) is 11. The zero-order chi connectivity index (χ0) is 45.8. The average molecular weight is 883 g/mol. The van der Waals surface area contributed by atoms with E-state index in [9.17, 15) is 9.90 Å². The van der Waals surface area contributed by atoms with Crippen molar-refractivity contribution in [2.24, 2.45) is 5.92 Å². The number of carbonyl (C=O) groups excluding carboxylic acids is 4. The van der Waals surface area contributed by atoms with Crippen LogP contribution in [-0.2, 0) is 40.4 Å². The Balaban J connectivity index is 1.31. The van der Waals surface area contributed by atoms with Gasteiger partial charge in [-0.05, 0) is 89.0 Å². The molecule has 66 heavy (non-hydrogen) atoms. The van der Waals surface area contributed by atoms with Gasteiger partial charge in [0, 0.05) is 43.1 Å². The van der Waals surface area contributed by atoms with E-state index in [2.05, 4.69) is 22.1 Å². The fourth-order valence-corrected chi connectivity index (χ4v) is 9.69. The first-order chi connectivity index (χ1) is 32.2. The number of phenols is 1. The van der Waals surface area contributed by atoms with Crippen molar-refractivity contribution in [3.05, 3.63) is 191 Å². The maximum absolute atomic E-state index is 16.2. The lowest BCUT2D eigenvalue weighted by molar-refractivity contribution is -0.178. The summed E-state index contributed by atoms with van der Waals surface area (Å²) < 4.78 is 22.7. The molecule has 5 aromatic carbocycles. The quantitative estimate of drug-likeness (QED) is 0.0785. The van der Waals surface area contributed by atoms with Gasteiger partial charge in [0.2, 0.25) is 11.8 Å². The third-order valence-corrected chi connectivity index (χ3v) is 12.5. The number of pyridine rings is 1. The minimum absolute atomic E-state index is 0.0384. The molecule has 332 valence electrons. The normalized spacial score (nSPS) is 21.8. The number of nitrogens with one attached hydrogen (secondary N) is 1. The summed E-state index contributed by atoms with van der Waals surface area (Å²) in [6.07, 6.45) is 0.119. The highest BCUT2D eigenvalue weighted by molar-refractivity contribution is 6.23. The first-order valence-electron chi connectivity index (χ1n) is 21.6. The Morgan fingerprint density at radius 2 is 1.45 bits per heavy atom. The molecule has 2 fully saturated rings. The monoisotopic (exact) mass is 882 g/mol. The predicted molar refractivity (Wildman–Crippen MR) is 243 cm³/mol. The number of aromatic nitrogens is 1. The third-order valence-electron chi connectivity index (χ3n) is 12.5. The summed E-state index contributed by atoms with van der Waals surface area (Å²) in [7, 11) is 3.05. The summed E-state index contributed by atoms with van der Waals surface area (Å²) >= 11 is 0. The van der Waals surface area contributed by atoms with E-state index < -0.39 is 59.4 Å². The number of benzene rings is 5. The third kappa shape index (κ3) is 7.91. The summed E-state index contributed by atoms with van der Waals surface area (Å²) in [5.41, 5.74) is 2.24. The number of anilines is 1. The van der Waals surface area contributed by atoms with Crippen molar-refractivity contribution in [3.63, 3.8) is 0 Å². The van der Waals surface area contributed by atoms with Crippen molar-refractivity contribution >= 4 is 29.6 Å². The second kappa shape index (κ2) is 18.7. The molecular formula is C53H46N4O9. The number of carbonyl (C=O) groups is 4. The molecule has 6 atom stereocenters. The molecule has 9 rings (SSSR count). The number of methoxy groups -OCH3 is 2. The van der Waals surface area contributed by atoms with Crippen LogP contribution >= 0.6 is 0 Å². The van der Waals surface area contributed by atoms with Crippen LogP contribution < -0.4 is 15.0 Å². The highest BCUT2D eigenvalue weighted by Gasteiger charge is 2.75. The summed E-state index contributed by atoms with van der Waals surface area (Å²) in [6, 6.07) is 39.7. The van der Waals surface area contributed by atoms with Gasteiger partial charge in [-0.1, -0.05) is 90.7 Å². The van der Waals surface area contributed by atoms with Gasteiger partial charge in [-0.2, -0.15) is 0 Å². The molecule has 3 aliphatic heterocycles. The number of aromatic hydroxyl groups is 1. The minimum Gasteiger partial charge on any atom is -0.508 e. The summed E-state index contributed by atoms with van der Waals surface area (Å²) in [5, 5.41) is 13.8. The van der Waals surface area contributed by atoms with Crippen LogP contribution in [0.2, 0.25) is 0 Å². The van der Waals surface area contributed by atoms with Gasteiger partial charge in [0.25, 0.3) is 0 Å². The van der Waals surface area contributed by atoms with Crippen molar-refractivity contribution in [1.29, 1.82) is 0 Å². The number of morpholine rings is 1. The minimum atomic E-state index is -2.03. The molecule has 13 heteroatoms. The first-order valence-corrected chi connectivity index (χ1v) is 21.6. The summed E-state index contributed by atoms with van der Waals surface area (Å²) in [6.45, 7) is 0.00600. The first kappa shape index (κ1) is 43.5. The molecule has 13 nitrogen and oxygen atoms in total. The molecule has 0 bridgehead atoms. The Labute approximate surface area is 381 Å². The van der Waals surface area contributed by atoms with E-state index in [0.717, 1.165) is 16.2 Å². The Morgan fingerprint density at radius 3 is 2.14 bits per heavy atom. The van der Waals surface area contributed by atoms with Crippen LogP contribution in [0.1, 0.15) is 57.3 Å². The molecule has 2 N–H and O–H groups in total. The fraction of sp³-hybridized carbons (Fsp3) is 0.226. The molecule has 0 radical (unpaired) electrons. The van der Waals surface area contributed by atoms with Gasteiger partial charge in [0.05, 0.1) is 37.4 Å². The van der Waals surface area contributed by atoms with Crippen LogP contribution in [0.3, 0.4) is 0 Å². The van der Waals surface area contributed by atoms with Crippen LogP contribution in [0.4, 0.5) is 10.5 Å². The molecule has 1 spiro atoms. The van der Waals surface area contributed by atoms with E-state index in [4.69, 9.17) is 18.9 Å². The van der Waals surface area contributed by atoms with E-state index >= 15 is 14.4 Å². The van der Waals surface area contributed by atoms with Crippen molar-refractivity contribution in [3.8, 4) is 23.3 Å². The molecule has 4 heterocycles. The number of ether oxygens (including phenoxy) is 4. The standard InChI is InChI=1S/C53H46N4O9/c1-63-31-32-65-52(62)56-43-27-20-35(17-16-34-18-25-41(64-2)26-19-34)33-42(43)53(51(56)61)44(49(59)55-30-28-39-15-9-10-29-54-39)46-50(60)66-47(37-13-7-4-8-14-37)45(36-11-5-3-6-12-36)57(46)48(53)38-21-23-40(58)24-22-38/h3-15,18-27,29,33,44-48,58H,28,30-32H2,1-2H3,(H,55,59)/t44-,45-,46-,47+,48+,53-/m0/s1. The fourth-order valence-electron chi connectivity index (χ4n) is 9.69. The Morgan fingerprint density at radius 1 is 0.773 bits per heavy atom. The molecule has 2 saturated heterocycles. The average Bonchev–Trinajstić information content (AvgIpc) is 3.81. The van der Waals surface area contributed by atoms with Gasteiger partial charge in [-0.15, -0.1) is 0 Å². The summed E-state index contributed by atoms with van der Waals surface area (Å²) in [4.78, 5) is 68.8. The number of hydrogen-bond donors (Lipinski definition) is 2. The van der Waals surface area contributed by atoms with Crippen molar-refractivity contribution in [2.45, 2.75) is 36.1 Å².